The Morgan fingerprint density at radius 1 is 1.03 bits per heavy atom. The minimum atomic E-state index is -0.266. The van der Waals surface area contributed by atoms with E-state index in [1.807, 2.05) is 66.7 Å². The molecule has 0 aliphatic rings. The molecule has 0 unspecified atom stereocenters. The number of halogens is 1. The molecule has 9 heteroatoms. The highest BCUT2D eigenvalue weighted by Crippen LogP contribution is 2.23. The molecule has 0 saturated carbocycles. The van der Waals surface area contributed by atoms with E-state index < -0.39 is 0 Å². The second-order valence-electron chi connectivity index (χ2n) is 8.24. The Labute approximate surface area is 206 Å². The highest BCUT2D eigenvalue weighted by atomic mass is 35.5. The highest BCUT2D eigenvalue weighted by molar-refractivity contribution is 6.30. The average Bonchev–Trinajstić information content (AvgIpc) is 3.27. The van der Waals surface area contributed by atoms with Crippen molar-refractivity contribution in [3.8, 4) is 0 Å². The molecule has 8 nitrogen and oxygen atoms in total. The lowest BCUT2D eigenvalue weighted by atomic mass is 10.1. The van der Waals surface area contributed by atoms with Crippen LogP contribution in [0.25, 0.3) is 16.6 Å². The Morgan fingerprint density at radius 2 is 1.80 bits per heavy atom. The van der Waals surface area contributed by atoms with Crippen LogP contribution in [-0.4, -0.2) is 25.5 Å². The van der Waals surface area contributed by atoms with Gasteiger partial charge in [0.25, 0.3) is 11.3 Å². The fraction of sp³-hybridized carbons (Fsp3) is 0.154. The van der Waals surface area contributed by atoms with Crippen molar-refractivity contribution in [3.05, 3.63) is 98.9 Å². The van der Waals surface area contributed by atoms with Gasteiger partial charge in [0.05, 0.1) is 5.69 Å². The molecule has 0 aliphatic carbocycles. The van der Waals surface area contributed by atoms with E-state index in [-0.39, 0.29) is 30.1 Å². The first-order chi connectivity index (χ1) is 17.0. The highest BCUT2D eigenvalue weighted by Gasteiger charge is 2.15. The third-order valence-corrected chi connectivity index (χ3v) is 6.09. The van der Waals surface area contributed by atoms with E-state index in [4.69, 9.17) is 11.6 Å². The van der Waals surface area contributed by atoms with Crippen molar-refractivity contribution < 1.29 is 4.79 Å². The molecule has 0 aliphatic heterocycles. The zero-order valence-corrected chi connectivity index (χ0v) is 19.8. The van der Waals surface area contributed by atoms with Crippen LogP contribution < -0.4 is 16.2 Å². The zero-order valence-electron chi connectivity index (χ0n) is 19.0. The fourth-order valence-corrected chi connectivity index (χ4v) is 4.12. The molecule has 1 amide bonds. The smallest absolute Gasteiger partial charge is 0.277 e. The molecular weight excluding hydrogens is 464 g/mol. The molecule has 0 fully saturated rings. The number of H-pyrrole nitrogens is 1. The Hall–Kier alpha value is -4.17. The number of anilines is 2. The molecule has 0 atom stereocenters. The van der Waals surface area contributed by atoms with E-state index >= 15 is 0 Å². The third-order valence-electron chi connectivity index (χ3n) is 5.83. The molecule has 3 aromatic carbocycles. The standard InChI is InChI=1S/C26H23ClN6O2/c1-16-20(13-14-23(34)30-22-8-4-6-18-5-2-3-7-21(18)22)24(35)33-26(29-16)31-25(32-33)28-15-17-9-11-19(27)12-10-17/h2-12H,13-15H2,1H3,(H,30,34)(H2,28,29,31,32). The number of rotatable bonds is 7. The number of hydrogen-bond acceptors (Lipinski definition) is 5. The molecule has 0 radical (unpaired) electrons. The van der Waals surface area contributed by atoms with Crippen LogP contribution in [0.3, 0.4) is 0 Å². The average molecular weight is 487 g/mol. The van der Waals surface area contributed by atoms with Crippen LogP contribution in [0.1, 0.15) is 23.2 Å². The number of benzene rings is 3. The summed E-state index contributed by atoms with van der Waals surface area (Å²) in [6.45, 7) is 2.26. The van der Waals surface area contributed by atoms with E-state index in [9.17, 15) is 9.59 Å². The van der Waals surface area contributed by atoms with Crippen LogP contribution >= 0.6 is 11.6 Å². The van der Waals surface area contributed by atoms with Crippen molar-refractivity contribution in [2.24, 2.45) is 0 Å². The second-order valence-corrected chi connectivity index (χ2v) is 8.68. The topological polar surface area (TPSA) is 104 Å². The van der Waals surface area contributed by atoms with Crippen LogP contribution in [0, 0.1) is 6.92 Å². The van der Waals surface area contributed by atoms with Crippen LogP contribution in [0.2, 0.25) is 5.02 Å². The van der Waals surface area contributed by atoms with Crippen LogP contribution in [0.15, 0.2) is 71.5 Å². The number of aromatic nitrogens is 4. The summed E-state index contributed by atoms with van der Waals surface area (Å²) in [7, 11) is 0. The van der Waals surface area contributed by atoms with Gasteiger partial charge in [-0.1, -0.05) is 60.1 Å². The molecule has 35 heavy (non-hydrogen) atoms. The minimum absolute atomic E-state index is 0.156. The summed E-state index contributed by atoms with van der Waals surface area (Å²) in [6, 6.07) is 21.1. The van der Waals surface area contributed by atoms with Crippen LogP contribution in [0.5, 0.6) is 0 Å². The van der Waals surface area contributed by atoms with Gasteiger partial charge in [0.15, 0.2) is 0 Å². The monoisotopic (exact) mass is 486 g/mol. The van der Waals surface area contributed by atoms with Crippen molar-refractivity contribution in [2.45, 2.75) is 26.3 Å². The maximum Gasteiger partial charge on any atom is 0.277 e. The minimum Gasteiger partial charge on any atom is -0.351 e. The maximum absolute atomic E-state index is 13.1. The Bertz CT molecular complexity index is 1580. The van der Waals surface area contributed by atoms with Gasteiger partial charge >= 0.3 is 0 Å². The maximum atomic E-state index is 13.1. The van der Waals surface area contributed by atoms with E-state index in [2.05, 4.69) is 25.7 Å². The molecule has 0 bridgehead atoms. The number of nitrogens with zero attached hydrogens (tertiary/aromatic N) is 3. The first-order valence-corrected chi connectivity index (χ1v) is 11.6. The number of aryl methyl sites for hydroxylation is 1. The van der Waals surface area contributed by atoms with E-state index in [0.29, 0.717) is 28.8 Å². The molecular formula is C26H23ClN6O2. The quantitative estimate of drug-likeness (QED) is 0.309. The Balaban J connectivity index is 1.29. The number of fused-ring (bicyclic) bond motifs is 2. The van der Waals surface area contributed by atoms with Gasteiger partial charge in [-0.05, 0) is 42.5 Å². The van der Waals surface area contributed by atoms with Crippen molar-refractivity contribution in [2.75, 3.05) is 10.6 Å². The van der Waals surface area contributed by atoms with Crippen LogP contribution in [-0.2, 0) is 17.8 Å². The van der Waals surface area contributed by atoms with Gasteiger partial charge in [0, 0.05) is 34.6 Å². The van der Waals surface area contributed by atoms with Crippen molar-refractivity contribution >= 4 is 45.7 Å². The Morgan fingerprint density at radius 3 is 2.63 bits per heavy atom. The fourth-order valence-electron chi connectivity index (χ4n) is 4.00. The number of hydrogen-bond donors (Lipinski definition) is 3. The number of amides is 1. The summed E-state index contributed by atoms with van der Waals surface area (Å²) in [4.78, 5) is 34.6. The van der Waals surface area contributed by atoms with Gasteiger partial charge in [-0.15, -0.1) is 0 Å². The van der Waals surface area contributed by atoms with Gasteiger partial charge in [-0.3, -0.25) is 14.7 Å². The normalized spacial score (nSPS) is 11.1. The Kier molecular flexibility index (Phi) is 6.20. The predicted octanol–water partition coefficient (Wildman–Crippen LogP) is 4.72. The lowest BCUT2D eigenvalue weighted by Crippen LogP contribution is -2.23. The van der Waals surface area contributed by atoms with Gasteiger partial charge < -0.3 is 10.6 Å². The second kappa shape index (κ2) is 9.60. The summed E-state index contributed by atoms with van der Waals surface area (Å²) in [6.07, 6.45) is 0.423. The third kappa shape index (κ3) is 4.88. The number of aromatic amines is 1. The first kappa shape index (κ1) is 22.6. The predicted molar refractivity (Wildman–Crippen MR) is 138 cm³/mol. The molecule has 2 aromatic heterocycles. The molecule has 176 valence electrons. The molecule has 3 N–H and O–H groups in total. The van der Waals surface area contributed by atoms with E-state index in [1.165, 1.54) is 4.52 Å². The van der Waals surface area contributed by atoms with Gasteiger partial charge in [0.2, 0.25) is 11.9 Å². The number of carbonyl (C=O) groups is 1. The summed E-state index contributed by atoms with van der Waals surface area (Å²) in [5.41, 5.74) is 2.54. The van der Waals surface area contributed by atoms with Crippen molar-refractivity contribution in [1.29, 1.82) is 0 Å². The summed E-state index contributed by atoms with van der Waals surface area (Å²) in [5, 5.41) is 11.8. The summed E-state index contributed by atoms with van der Waals surface area (Å²) < 4.78 is 1.30. The van der Waals surface area contributed by atoms with Gasteiger partial charge in [-0.2, -0.15) is 9.50 Å². The largest absolute Gasteiger partial charge is 0.351 e. The molecule has 0 saturated heterocycles. The molecule has 2 heterocycles. The molecule has 0 spiro atoms. The van der Waals surface area contributed by atoms with Gasteiger partial charge in [0.1, 0.15) is 0 Å². The zero-order chi connectivity index (χ0) is 24.4. The lowest BCUT2D eigenvalue weighted by molar-refractivity contribution is -0.116. The molecule has 5 rings (SSSR count). The van der Waals surface area contributed by atoms with E-state index in [0.717, 1.165) is 22.0 Å². The van der Waals surface area contributed by atoms with E-state index in [1.54, 1.807) is 6.92 Å². The number of nitrogens with one attached hydrogen (secondary N) is 3. The lowest BCUT2D eigenvalue weighted by Gasteiger charge is -2.09. The van der Waals surface area contributed by atoms with Crippen molar-refractivity contribution in [1.82, 2.24) is 19.6 Å². The number of carbonyl (C=O) groups excluding carboxylic acids is 1. The molecule has 5 aromatic rings. The summed E-state index contributed by atoms with van der Waals surface area (Å²) >= 11 is 5.93. The van der Waals surface area contributed by atoms with Crippen LogP contribution in [0.4, 0.5) is 11.6 Å². The first-order valence-electron chi connectivity index (χ1n) is 11.2. The summed E-state index contributed by atoms with van der Waals surface area (Å²) in [5.74, 6) is 0.532. The van der Waals surface area contributed by atoms with Gasteiger partial charge in [-0.25, -0.2) is 4.98 Å². The SMILES string of the molecule is Cc1nc2nc(NCc3ccc(Cl)cc3)[nH]n2c(=O)c1CCC(=O)Nc1cccc2ccccc12. The van der Waals surface area contributed by atoms with Crippen molar-refractivity contribution in [3.63, 3.8) is 0 Å².